The Balaban J connectivity index is 2.22. The molecule has 0 aliphatic rings. The van der Waals surface area contributed by atoms with Crippen LogP contribution >= 0.6 is 0 Å². The van der Waals surface area contributed by atoms with Gasteiger partial charge in [0.05, 0.1) is 12.8 Å². The van der Waals surface area contributed by atoms with Crippen LogP contribution in [0.1, 0.15) is 12.5 Å². The molecule has 0 saturated carbocycles. The van der Waals surface area contributed by atoms with Gasteiger partial charge >= 0.3 is 0 Å². The first-order valence-electron chi connectivity index (χ1n) is 6.34. The van der Waals surface area contributed by atoms with Crippen molar-refractivity contribution in [3.63, 3.8) is 0 Å². The van der Waals surface area contributed by atoms with Crippen LogP contribution in [0.2, 0.25) is 0 Å². The number of nitrogen functional groups attached to an aromatic ring is 1. The molecule has 0 atom stereocenters. The number of ether oxygens (including phenoxy) is 1. The van der Waals surface area contributed by atoms with Crippen LogP contribution in [0.4, 0.5) is 11.5 Å². The van der Waals surface area contributed by atoms with Gasteiger partial charge in [0.15, 0.2) is 0 Å². The fourth-order valence-corrected chi connectivity index (χ4v) is 1.94. The summed E-state index contributed by atoms with van der Waals surface area (Å²) >= 11 is 0. The summed E-state index contributed by atoms with van der Waals surface area (Å²) in [5.74, 6) is 1.35. The molecule has 1 aromatic carbocycles. The number of pyridine rings is 1. The predicted molar refractivity (Wildman–Crippen MR) is 78.4 cm³/mol. The van der Waals surface area contributed by atoms with Gasteiger partial charge in [0.2, 0.25) is 5.88 Å². The third-order valence-electron chi connectivity index (χ3n) is 2.99. The Hall–Kier alpha value is -2.23. The first-order valence-corrected chi connectivity index (χ1v) is 6.34. The standard InChI is InChI=1S/C15H19N3O/c1-3-18(11-12-7-5-4-6-8-12)14-10-9-13(16)15(17-14)19-2/h4-10H,3,11,16H2,1-2H3. The molecule has 19 heavy (non-hydrogen) atoms. The average Bonchev–Trinajstić information content (AvgIpc) is 2.46. The summed E-state index contributed by atoms with van der Waals surface area (Å²) in [7, 11) is 1.58. The zero-order valence-electron chi connectivity index (χ0n) is 11.3. The lowest BCUT2D eigenvalue weighted by Gasteiger charge is -2.22. The van der Waals surface area contributed by atoms with Crippen LogP contribution in [0.3, 0.4) is 0 Å². The normalized spacial score (nSPS) is 10.2. The SMILES string of the molecule is CCN(Cc1ccccc1)c1ccc(N)c(OC)n1. The van der Waals surface area contributed by atoms with Crippen LogP contribution in [0.5, 0.6) is 5.88 Å². The number of hydrogen-bond donors (Lipinski definition) is 1. The number of anilines is 2. The minimum absolute atomic E-state index is 0.476. The fourth-order valence-electron chi connectivity index (χ4n) is 1.94. The van der Waals surface area contributed by atoms with Crippen LogP contribution in [0.25, 0.3) is 0 Å². The molecule has 100 valence electrons. The molecule has 0 fully saturated rings. The monoisotopic (exact) mass is 257 g/mol. The smallest absolute Gasteiger partial charge is 0.238 e. The molecular weight excluding hydrogens is 238 g/mol. The average molecular weight is 257 g/mol. The molecule has 2 rings (SSSR count). The Morgan fingerprint density at radius 2 is 1.89 bits per heavy atom. The van der Waals surface area contributed by atoms with E-state index in [0.717, 1.165) is 18.9 Å². The largest absolute Gasteiger partial charge is 0.479 e. The second kappa shape index (κ2) is 6.09. The summed E-state index contributed by atoms with van der Waals surface area (Å²) < 4.78 is 5.17. The van der Waals surface area contributed by atoms with Crippen molar-refractivity contribution in [3.05, 3.63) is 48.0 Å². The maximum Gasteiger partial charge on any atom is 0.238 e. The predicted octanol–water partition coefficient (Wildman–Crippen LogP) is 2.70. The van der Waals surface area contributed by atoms with Crippen molar-refractivity contribution in [1.82, 2.24) is 4.98 Å². The highest BCUT2D eigenvalue weighted by Crippen LogP contribution is 2.23. The van der Waals surface area contributed by atoms with Gasteiger partial charge in [0.25, 0.3) is 0 Å². The number of hydrogen-bond acceptors (Lipinski definition) is 4. The molecule has 1 heterocycles. The van der Waals surface area contributed by atoms with Gasteiger partial charge in [-0.15, -0.1) is 0 Å². The molecular formula is C15H19N3O. The Kier molecular flexibility index (Phi) is 4.23. The summed E-state index contributed by atoms with van der Waals surface area (Å²) in [6, 6.07) is 14.1. The van der Waals surface area contributed by atoms with E-state index in [1.165, 1.54) is 5.56 Å². The molecule has 2 aromatic rings. The summed E-state index contributed by atoms with van der Waals surface area (Å²) in [5, 5.41) is 0. The van der Waals surface area contributed by atoms with Crippen LogP contribution < -0.4 is 15.4 Å². The Morgan fingerprint density at radius 3 is 2.53 bits per heavy atom. The molecule has 0 aliphatic heterocycles. The number of methoxy groups -OCH3 is 1. The van der Waals surface area contributed by atoms with Gasteiger partial charge in [-0.25, -0.2) is 0 Å². The lowest BCUT2D eigenvalue weighted by Crippen LogP contribution is -2.23. The summed E-state index contributed by atoms with van der Waals surface area (Å²) in [5.41, 5.74) is 7.60. The number of aromatic nitrogens is 1. The van der Waals surface area contributed by atoms with Crippen LogP contribution in [-0.2, 0) is 6.54 Å². The minimum atomic E-state index is 0.476. The fraction of sp³-hybridized carbons (Fsp3) is 0.267. The van der Waals surface area contributed by atoms with Gasteiger partial charge in [-0.05, 0) is 24.6 Å². The van der Waals surface area contributed by atoms with Gasteiger partial charge in [-0.3, -0.25) is 0 Å². The highest BCUT2D eigenvalue weighted by atomic mass is 16.5. The molecule has 1 aromatic heterocycles. The first kappa shape index (κ1) is 13.2. The molecule has 0 amide bonds. The van der Waals surface area contributed by atoms with Gasteiger partial charge in [0.1, 0.15) is 5.82 Å². The maximum atomic E-state index is 5.79. The highest BCUT2D eigenvalue weighted by Gasteiger charge is 2.09. The molecule has 2 N–H and O–H groups in total. The summed E-state index contributed by atoms with van der Waals surface area (Å²) in [6.45, 7) is 3.79. The molecule has 0 bridgehead atoms. The van der Waals surface area contributed by atoms with E-state index < -0.39 is 0 Å². The second-order valence-electron chi connectivity index (χ2n) is 4.27. The second-order valence-corrected chi connectivity index (χ2v) is 4.27. The zero-order valence-corrected chi connectivity index (χ0v) is 11.3. The molecule has 0 aliphatic carbocycles. The molecule has 4 nitrogen and oxygen atoms in total. The van der Waals surface area contributed by atoms with Crippen LogP contribution in [0.15, 0.2) is 42.5 Å². The van der Waals surface area contributed by atoms with E-state index in [0.29, 0.717) is 11.6 Å². The third-order valence-corrected chi connectivity index (χ3v) is 2.99. The summed E-state index contributed by atoms with van der Waals surface area (Å²) in [6.07, 6.45) is 0. The van der Waals surface area contributed by atoms with Crippen molar-refractivity contribution in [2.45, 2.75) is 13.5 Å². The lowest BCUT2D eigenvalue weighted by molar-refractivity contribution is 0.400. The van der Waals surface area contributed by atoms with Gasteiger partial charge in [-0.1, -0.05) is 30.3 Å². The van der Waals surface area contributed by atoms with E-state index in [4.69, 9.17) is 10.5 Å². The maximum absolute atomic E-state index is 5.79. The topological polar surface area (TPSA) is 51.4 Å². The molecule has 0 saturated heterocycles. The number of rotatable bonds is 5. The molecule has 0 unspecified atom stereocenters. The van der Waals surface area contributed by atoms with E-state index in [1.807, 2.05) is 30.3 Å². The van der Waals surface area contributed by atoms with E-state index in [2.05, 4.69) is 28.9 Å². The van der Waals surface area contributed by atoms with Gasteiger partial charge in [0, 0.05) is 13.1 Å². The van der Waals surface area contributed by atoms with Crippen LogP contribution in [-0.4, -0.2) is 18.6 Å². The van der Waals surface area contributed by atoms with E-state index in [-0.39, 0.29) is 0 Å². The van der Waals surface area contributed by atoms with Crippen LogP contribution in [0, 0.1) is 0 Å². The Labute approximate surface area is 113 Å². The number of nitrogens with two attached hydrogens (primary N) is 1. The van der Waals surface area contributed by atoms with E-state index >= 15 is 0 Å². The van der Waals surface area contributed by atoms with Crippen molar-refractivity contribution in [3.8, 4) is 5.88 Å². The highest BCUT2D eigenvalue weighted by molar-refractivity contribution is 5.54. The van der Waals surface area contributed by atoms with Crippen molar-refractivity contribution in [1.29, 1.82) is 0 Å². The number of benzene rings is 1. The minimum Gasteiger partial charge on any atom is -0.479 e. The van der Waals surface area contributed by atoms with Crippen molar-refractivity contribution >= 4 is 11.5 Å². The quantitative estimate of drug-likeness (QED) is 0.894. The lowest BCUT2D eigenvalue weighted by atomic mass is 10.2. The molecule has 4 heteroatoms. The first-order chi connectivity index (χ1) is 9.24. The Morgan fingerprint density at radius 1 is 1.16 bits per heavy atom. The molecule has 0 radical (unpaired) electrons. The van der Waals surface area contributed by atoms with Crippen molar-refractivity contribution in [2.24, 2.45) is 0 Å². The van der Waals surface area contributed by atoms with Gasteiger partial charge in [-0.2, -0.15) is 4.98 Å². The van der Waals surface area contributed by atoms with E-state index in [1.54, 1.807) is 7.11 Å². The van der Waals surface area contributed by atoms with Crippen molar-refractivity contribution < 1.29 is 4.74 Å². The molecule has 0 spiro atoms. The number of nitrogens with zero attached hydrogens (tertiary/aromatic N) is 2. The zero-order chi connectivity index (χ0) is 13.7. The third kappa shape index (κ3) is 3.16. The van der Waals surface area contributed by atoms with Crippen molar-refractivity contribution in [2.75, 3.05) is 24.3 Å². The van der Waals surface area contributed by atoms with E-state index in [9.17, 15) is 0 Å². The summed E-state index contributed by atoms with van der Waals surface area (Å²) in [4.78, 5) is 6.61. The Bertz CT molecular complexity index is 528. The van der Waals surface area contributed by atoms with Gasteiger partial charge < -0.3 is 15.4 Å².